The summed E-state index contributed by atoms with van der Waals surface area (Å²) in [5.74, 6) is -1.70. The van der Waals surface area contributed by atoms with Crippen LogP contribution in [0.15, 0.2) is 67.5 Å². The molecule has 5 heteroatoms. The molecule has 0 radical (unpaired) electrons. The summed E-state index contributed by atoms with van der Waals surface area (Å²) in [5, 5.41) is 9.27. The molecule has 31 heavy (non-hydrogen) atoms. The number of hydrogen-bond acceptors (Lipinski definition) is 3. The Bertz CT molecular complexity index is 1040. The van der Waals surface area contributed by atoms with Crippen LogP contribution >= 0.6 is 0 Å². The maximum Gasteiger partial charge on any atom is 0.170 e. The molecule has 160 valence electrons. The molecule has 0 aliphatic rings. The normalized spacial score (nSPS) is 12.3. The van der Waals surface area contributed by atoms with Crippen molar-refractivity contribution in [3.63, 3.8) is 0 Å². The molecule has 2 aromatic carbocycles. The Labute approximate surface area is 181 Å². The molecule has 1 heterocycles. The van der Waals surface area contributed by atoms with Gasteiger partial charge in [0.15, 0.2) is 17.5 Å². The first-order valence-electron chi connectivity index (χ1n) is 10.3. The zero-order valence-corrected chi connectivity index (χ0v) is 17.6. The summed E-state index contributed by atoms with van der Waals surface area (Å²) in [4.78, 5) is 8.47. The summed E-state index contributed by atoms with van der Waals surface area (Å²) in [6, 6.07) is 11.0. The van der Waals surface area contributed by atoms with Crippen molar-refractivity contribution in [2.24, 2.45) is 0 Å². The summed E-state index contributed by atoms with van der Waals surface area (Å²) in [6.45, 7) is 5.35. The van der Waals surface area contributed by atoms with Gasteiger partial charge in [-0.1, -0.05) is 48.6 Å². The Kier molecular flexibility index (Phi) is 7.79. The lowest BCUT2D eigenvalue weighted by molar-refractivity contribution is 0.182. The highest BCUT2D eigenvalue weighted by Crippen LogP contribution is 2.26. The molecule has 3 aromatic rings. The Balaban J connectivity index is 1.70. The largest absolute Gasteiger partial charge is 0.393 e. The van der Waals surface area contributed by atoms with Gasteiger partial charge in [0.25, 0.3) is 0 Å². The van der Waals surface area contributed by atoms with Gasteiger partial charge in [0.05, 0.1) is 11.7 Å². The van der Waals surface area contributed by atoms with Gasteiger partial charge in [-0.2, -0.15) is 0 Å². The van der Waals surface area contributed by atoms with Gasteiger partial charge >= 0.3 is 0 Å². The number of unbranched alkanes of at least 4 members (excludes halogenated alkanes) is 1. The molecule has 1 N–H and O–H groups in total. The van der Waals surface area contributed by atoms with Crippen LogP contribution in [0.4, 0.5) is 8.78 Å². The number of aliphatic hydroxyl groups excluding tert-OH is 1. The van der Waals surface area contributed by atoms with Crippen LogP contribution in [0, 0.1) is 11.6 Å². The molecule has 1 unspecified atom stereocenters. The molecule has 1 aromatic heterocycles. The van der Waals surface area contributed by atoms with Gasteiger partial charge in [-0.15, -0.1) is 6.58 Å². The van der Waals surface area contributed by atoms with Gasteiger partial charge in [0, 0.05) is 18.0 Å². The maximum atomic E-state index is 14.4. The van der Waals surface area contributed by atoms with E-state index in [2.05, 4.69) is 28.7 Å². The van der Waals surface area contributed by atoms with Crippen molar-refractivity contribution in [1.82, 2.24) is 9.97 Å². The third-order valence-corrected chi connectivity index (χ3v) is 4.97. The van der Waals surface area contributed by atoms with Crippen LogP contribution in [0.1, 0.15) is 37.3 Å². The third kappa shape index (κ3) is 5.92. The lowest BCUT2D eigenvalue weighted by Gasteiger charge is -2.07. The Morgan fingerprint density at radius 1 is 1.00 bits per heavy atom. The van der Waals surface area contributed by atoms with Crippen molar-refractivity contribution >= 4 is 6.08 Å². The second-order valence-corrected chi connectivity index (χ2v) is 7.49. The highest BCUT2D eigenvalue weighted by Gasteiger charge is 2.16. The smallest absolute Gasteiger partial charge is 0.170 e. The SMILES string of the molecule is C=CCc1ccc(-c2ncc(-c3ccc(C=CCCCC(C)O)cc3)cn2)c(F)c1F. The van der Waals surface area contributed by atoms with Gasteiger partial charge in [-0.25, -0.2) is 18.7 Å². The topological polar surface area (TPSA) is 46.0 Å². The van der Waals surface area contributed by atoms with Crippen LogP contribution in [-0.2, 0) is 6.42 Å². The molecule has 0 amide bonds. The number of aromatic nitrogens is 2. The van der Waals surface area contributed by atoms with Crippen LogP contribution in [0.5, 0.6) is 0 Å². The molecular formula is C26H26F2N2O. The summed E-state index contributed by atoms with van der Waals surface area (Å²) in [6.07, 6.45) is 11.6. The second-order valence-electron chi connectivity index (χ2n) is 7.49. The van der Waals surface area contributed by atoms with E-state index < -0.39 is 11.6 Å². The minimum atomic E-state index is -0.948. The molecule has 3 nitrogen and oxygen atoms in total. The Morgan fingerprint density at radius 3 is 2.35 bits per heavy atom. The Morgan fingerprint density at radius 2 is 1.71 bits per heavy atom. The van der Waals surface area contributed by atoms with E-state index in [0.29, 0.717) is 0 Å². The summed E-state index contributed by atoms with van der Waals surface area (Å²) < 4.78 is 28.6. The average Bonchev–Trinajstić information content (AvgIpc) is 2.77. The van der Waals surface area contributed by atoms with Crippen molar-refractivity contribution in [3.05, 3.63) is 90.3 Å². The van der Waals surface area contributed by atoms with Crippen LogP contribution in [-0.4, -0.2) is 21.2 Å². The summed E-state index contributed by atoms with van der Waals surface area (Å²) >= 11 is 0. The minimum absolute atomic E-state index is 0.0351. The fourth-order valence-electron chi connectivity index (χ4n) is 3.23. The first kappa shape index (κ1) is 22.5. The summed E-state index contributed by atoms with van der Waals surface area (Å²) in [5.41, 5.74) is 3.10. The zero-order valence-electron chi connectivity index (χ0n) is 17.6. The number of allylic oxidation sites excluding steroid dienone is 2. The van der Waals surface area contributed by atoms with Gasteiger partial charge in [-0.3, -0.25) is 0 Å². The van der Waals surface area contributed by atoms with Crippen molar-refractivity contribution in [2.45, 2.75) is 38.7 Å². The number of hydrogen-bond donors (Lipinski definition) is 1. The van der Waals surface area contributed by atoms with Gasteiger partial charge in [0.2, 0.25) is 0 Å². The van der Waals surface area contributed by atoms with E-state index in [1.165, 1.54) is 18.2 Å². The molecule has 3 rings (SSSR count). The van der Waals surface area contributed by atoms with E-state index in [1.54, 1.807) is 19.3 Å². The van der Waals surface area contributed by atoms with Crippen molar-refractivity contribution in [1.29, 1.82) is 0 Å². The van der Waals surface area contributed by atoms with E-state index >= 15 is 0 Å². The molecule has 0 saturated carbocycles. The fraction of sp³-hybridized carbons (Fsp3) is 0.231. The maximum absolute atomic E-state index is 14.4. The van der Waals surface area contributed by atoms with E-state index in [9.17, 15) is 13.9 Å². The molecule has 0 aliphatic heterocycles. The van der Waals surface area contributed by atoms with Crippen LogP contribution < -0.4 is 0 Å². The van der Waals surface area contributed by atoms with E-state index in [-0.39, 0.29) is 29.5 Å². The van der Waals surface area contributed by atoms with Crippen LogP contribution in [0.25, 0.3) is 28.6 Å². The fourth-order valence-corrected chi connectivity index (χ4v) is 3.23. The molecule has 0 saturated heterocycles. The number of benzene rings is 2. The van der Waals surface area contributed by atoms with E-state index in [1.807, 2.05) is 24.3 Å². The number of nitrogens with zero attached hydrogens (tertiary/aromatic N) is 2. The third-order valence-electron chi connectivity index (χ3n) is 4.97. The van der Waals surface area contributed by atoms with Crippen LogP contribution in [0.3, 0.4) is 0 Å². The predicted molar refractivity (Wildman–Crippen MR) is 121 cm³/mol. The number of aliphatic hydroxyl groups is 1. The van der Waals surface area contributed by atoms with Gasteiger partial charge < -0.3 is 5.11 Å². The first-order valence-corrected chi connectivity index (χ1v) is 10.3. The molecule has 0 aliphatic carbocycles. The molecule has 0 fully saturated rings. The molecule has 1 atom stereocenters. The molecule has 0 bridgehead atoms. The second kappa shape index (κ2) is 10.7. The average molecular weight is 421 g/mol. The van der Waals surface area contributed by atoms with Crippen molar-refractivity contribution in [2.75, 3.05) is 0 Å². The predicted octanol–water partition coefficient (Wildman–Crippen LogP) is 6.38. The van der Waals surface area contributed by atoms with Crippen molar-refractivity contribution in [3.8, 4) is 22.5 Å². The lowest BCUT2D eigenvalue weighted by atomic mass is 10.0. The lowest BCUT2D eigenvalue weighted by Crippen LogP contribution is -1.99. The highest BCUT2D eigenvalue weighted by atomic mass is 19.2. The van der Waals surface area contributed by atoms with Gasteiger partial charge in [0.1, 0.15) is 0 Å². The zero-order chi connectivity index (χ0) is 22.2. The van der Waals surface area contributed by atoms with Gasteiger partial charge in [-0.05, 0) is 55.4 Å². The van der Waals surface area contributed by atoms with E-state index in [4.69, 9.17) is 0 Å². The monoisotopic (exact) mass is 420 g/mol. The van der Waals surface area contributed by atoms with Crippen LogP contribution in [0.2, 0.25) is 0 Å². The van der Waals surface area contributed by atoms with Crippen molar-refractivity contribution < 1.29 is 13.9 Å². The number of rotatable bonds is 9. The first-order chi connectivity index (χ1) is 15.0. The van der Waals surface area contributed by atoms with E-state index in [0.717, 1.165) is 36.0 Å². The highest BCUT2D eigenvalue weighted by molar-refractivity contribution is 5.66. The standard InChI is InChI=1S/C26H26F2N2O/c1-3-7-21-14-15-23(25(28)24(21)27)26-29-16-22(17-30-26)20-12-10-19(11-13-20)9-6-4-5-8-18(2)31/h3,6,9-18,31H,1,4-5,7-8H2,2H3. The summed E-state index contributed by atoms with van der Waals surface area (Å²) in [7, 11) is 0. The minimum Gasteiger partial charge on any atom is -0.393 e. The molecule has 0 spiro atoms. The molecular weight excluding hydrogens is 394 g/mol. The Hall–Kier alpha value is -3.18. The quantitative estimate of drug-likeness (QED) is 0.323. The number of halogens is 2.